The van der Waals surface area contributed by atoms with Gasteiger partial charge in [0.15, 0.2) is 0 Å². The fourth-order valence-corrected chi connectivity index (χ4v) is 2.56. The number of aryl methyl sites for hydroxylation is 1. The van der Waals surface area contributed by atoms with Gasteiger partial charge in [-0.15, -0.1) is 0 Å². The second-order valence-corrected chi connectivity index (χ2v) is 5.14. The maximum absolute atomic E-state index is 12.5. The van der Waals surface area contributed by atoms with Gasteiger partial charge in [-0.1, -0.05) is 13.8 Å². The highest BCUT2D eigenvalue weighted by molar-refractivity contribution is 5.87. The lowest BCUT2D eigenvalue weighted by molar-refractivity contribution is -0.129. The van der Waals surface area contributed by atoms with Crippen LogP contribution < -0.4 is 5.32 Å². The third-order valence-corrected chi connectivity index (χ3v) is 3.97. The largest absolute Gasteiger partial charge is 0.316 e. The molecule has 1 unspecified atom stereocenters. The zero-order valence-corrected chi connectivity index (χ0v) is 10.7. The van der Waals surface area contributed by atoms with E-state index in [1.807, 2.05) is 7.05 Å². The molecule has 1 aromatic rings. The normalized spacial score (nSPS) is 24.5. The predicted molar refractivity (Wildman–Crippen MR) is 64.5 cm³/mol. The molecule has 1 saturated heterocycles. The molecule has 5 heteroatoms. The molecule has 0 spiro atoms. The second kappa shape index (κ2) is 4.56. The molecule has 5 nitrogen and oxygen atoms in total. The molecule has 0 aromatic carbocycles. The van der Waals surface area contributed by atoms with Crippen molar-refractivity contribution in [3.05, 3.63) is 12.2 Å². The first kappa shape index (κ1) is 12.2. The first-order chi connectivity index (χ1) is 8.06. The smallest absolute Gasteiger partial charge is 0.148 e. The van der Waals surface area contributed by atoms with Crippen molar-refractivity contribution in [1.82, 2.24) is 20.1 Å². The summed E-state index contributed by atoms with van der Waals surface area (Å²) >= 11 is 0. The molecule has 2 rings (SSSR count). The standard InChI is InChI=1S/C12H20N4O/c1-9(2)12(4-5-13-7-12)10(17)6-11-14-8-15-16(11)3/h8-9,13H,4-7H2,1-3H3. The number of aromatic nitrogens is 3. The molecule has 1 aromatic heterocycles. The summed E-state index contributed by atoms with van der Waals surface area (Å²) in [5.74, 6) is 1.40. The topological polar surface area (TPSA) is 59.8 Å². The molecule has 1 fully saturated rings. The van der Waals surface area contributed by atoms with Crippen molar-refractivity contribution in [2.45, 2.75) is 26.7 Å². The minimum Gasteiger partial charge on any atom is -0.316 e. The Morgan fingerprint density at radius 2 is 2.41 bits per heavy atom. The van der Waals surface area contributed by atoms with E-state index in [0.29, 0.717) is 12.3 Å². The van der Waals surface area contributed by atoms with Crippen LogP contribution in [0.15, 0.2) is 6.33 Å². The highest BCUT2D eigenvalue weighted by Gasteiger charge is 2.43. The van der Waals surface area contributed by atoms with E-state index in [1.165, 1.54) is 6.33 Å². The molecule has 1 N–H and O–H groups in total. The van der Waals surface area contributed by atoms with Gasteiger partial charge >= 0.3 is 0 Å². The lowest BCUT2D eigenvalue weighted by Gasteiger charge is -2.30. The van der Waals surface area contributed by atoms with Crippen LogP contribution in [0.5, 0.6) is 0 Å². The minimum absolute atomic E-state index is 0.216. The molecule has 1 aliphatic heterocycles. The van der Waals surface area contributed by atoms with Crippen molar-refractivity contribution in [1.29, 1.82) is 0 Å². The molecule has 17 heavy (non-hydrogen) atoms. The molecule has 0 amide bonds. The molecular formula is C12H20N4O. The van der Waals surface area contributed by atoms with Crippen molar-refractivity contribution >= 4 is 5.78 Å². The Morgan fingerprint density at radius 3 is 2.88 bits per heavy atom. The van der Waals surface area contributed by atoms with Crippen LogP contribution in [0.3, 0.4) is 0 Å². The van der Waals surface area contributed by atoms with Crippen LogP contribution in [0.2, 0.25) is 0 Å². The molecule has 0 bridgehead atoms. The Morgan fingerprint density at radius 1 is 1.65 bits per heavy atom. The van der Waals surface area contributed by atoms with Crippen molar-refractivity contribution in [2.75, 3.05) is 13.1 Å². The van der Waals surface area contributed by atoms with Crippen LogP contribution in [0, 0.1) is 11.3 Å². The van der Waals surface area contributed by atoms with Gasteiger partial charge in [0.05, 0.1) is 6.42 Å². The summed E-state index contributed by atoms with van der Waals surface area (Å²) in [6.07, 6.45) is 2.81. The third kappa shape index (κ3) is 2.11. The molecule has 1 aliphatic rings. The zero-order chi connectivity index (χ0) is 12.5. The Labute approximate surface area is 102 Å². The molecule has 0 radical (unpaired) electrons. The monoisotopic (exact) mass is 236 g/mol. The average molecular weight is 236 g/mol. The van der Waals surface area contributed by atoms with E-state index < -0.39 is 0 Å². The number of nitrogens with zero attached hydrogens (tertiary/aromatic N) is 3. The second-order valence-electron chi connectivity index (χ2n) is 5.14. The summed E-state index contributed by atoms with van der Waals surface area (Å²) in [5, 5.41) is 7.31. The SMILES string of the molecule is CC(C)C1(C(=O)Cc2ncnn2C)CCNC1. The zero-order valence-electron chi connectivity index (χ0n) is 10.7. The van der Waals surface area contributed by atoms with Gasteiger partial charge < -0.3 is 5.32 Å². The first-order valence-corrected chi connectivity index (χ1v) is 6.13. The van der Waals surface area contributed by atoms with Crippen LogP contribution in [-0.4, -0.2) is 33.6 Å². The van der Waals surface area contributed by atoms with Crippen LogP contribution in [0.25, 0.3) is 0 Å². The summed E-state index contributed by atoms with van der Waals surface area (Å²) in [6, 6.07) is 0. The summed E-state index contributed by atoms with van der Waals surface area (Å²) in [6.45, 7) is 5.98. The van der Waals surface area contributed by atoms with Crippen molar-refractivity contribution in [3.8, 4) is 0 Å². The van der Waals surface area contributed by atoms with Gasteiger partial charge in [0.25, 0.3) is 0 Å². The summed E-state index contributed by atoms with van der Waals surface area (Å²) < 4.78 is 1.67. The lowest BCUT2D eigenvalue weighted by Crippen LogP contribution is -2.39. The van der Waals surface area contributed by atoms with Crippen molar-refractivity contribution in [2.24, 2.45) is 18.4 Å². The van der Waals surface area contributed by atoms with Crippen molar-refractivity contribution < 1.29 is 4.79 Å². The number of rotatable bonds is 4. The number of Topliss-reactive ketones (excluding diaryl/α,β-unsaturated/α-hetero) is 1. The molecular weight excluding hydrogens is 216 g/mol. The van der Waals surface area contributed by atoms with Crippen LogP contribution in [0.4, 0.5) is 0 Å². The fraction of sp³-hybridized carbons (Fsp3) is 0.750. The number of hydrogen-bond acceptors (Lipinski definition) is 4. The average Bonchev–Trinajstić information content (AvgIpc) is 2.89. The van der Waals surface area contributed by atoms with Gasteiger partial charge in [0.2, 0.25) is 0 Å². The molecule has 0 saturated carbocycles. The van der Waals surface area contributed by atoms with Gasteiger partial charge in [-0.3, -0.25) is 9.48 Å². The van der Waals surface area contributed by atoms with Crippen LogP contribution in [-0.2, 0) is 18.3 Å². The molecule has 2 heterocycles. The number of carbonyl (C=O) groups is 1. The van der Waals surface area contributed by atoms with E-state index in [9.17, 15) is 4.79 Å². The predicted octanol–water partition coefficient (Wildman–Crippen LogP) is 0.562. The first-order valence-electron chi connectivity index (χ1n) is 6.13. The van der Waals surface area contributed by atoms with Gasteiger partial charge in [0, 0.05) is 19.0 Å². The Bertz CT molecular complexity index is 404. The number of nitrogens with one attached hydrogen (secondary N) is 1. The highest BCUT2D eigenvalue weighted by Crippen LogP contribution is 2.35. The number of carbonyl (C=O) groups excluding carboxylic acids is 1. The number of ketones is 1. The summed E-state index contributed by atoms with van der Waals surface area (Å²) in [4.78, 5) is 16.6. The van der Waals surface area contributed by atoms with E-state index in [4.69, 9.17) is 0 Å². The van der Waals surface area contributed by atoms with Gasteiger partial charge in [-0.05, 0) is 18.9 Å². The third-order valence-electron chi connectivity index (χ3n) is 3.97. The summed E-state index contributed by atoms with van der Waals surface area (Å²) in [5.41, 5.74) is -0.216. The van der Waals surface area contributed by atoms with E-state index in [2.05, 4.69) is 29.2 Å². The summed E-state index contributed by atoms with van der Waals surface area (Å²) in [7, 11) is 1.82. The Balaban J connectivity index is 2.16. The highest BCUT2D eigenvalue weighted by atomic mass is 16.1. The lowest BCUT2D eigenvalue weighted by atomic mass is 9.72. The Kier molecular flexibility index (Phi) is 3.28. The fourth-order valence-electron chi connectivity index (χ4n) is 2.56. The van der Waals surface area contributed by atoms with Crippen molar-refractivity contribution in [3.63, 3.8) is 0 Å². The van der Waals surface area contributed by atoms with Crippen LogP contribution in [0.1, 0.15) is 26.1 Å². The molecule has 94 valence electrons. The maximum Gasteiger partial charge on any atom is 0.148 e. The quantitative estimate of drug-likeness (QED) is 0.830. The van der Waals surface area contributed by atoms with E-state index in [-0.39, 0.29) is 11.2 Å². The molecule has 1 atom stereocenters. The van der Waals surface area contributed by atoms with E-state index >= 15 is 0 Å². The van der Waals surface area contributed by atoms with E-state index in [0.717, 1.165) is 25.3 Å². The number of hydrogen-bond donors (Lipinski definition) is 1. The van der Waals surface area contributed by atoms with Crippen LogP contribution >= 0.6 is 0 Å². The minimum atomic E-state index is -0.216. The van der Waals surface area contributed by atoms with Gasteiger partial charge in [-0.2, -0.15) is 5.10 Å². The Hall–Kier alpha value is -1.23. The maximum atomic E-state index is 12.5. The van der Waals surface area contributed by atoms with E-state index in [1.54, 1.807) is 4.68 Å². The van der Waals surface area contributed by atoms with Gasteiger partial charge in [-0.25, -0.2) is 4.98 Å². The van der Waals surface area contributed by atoms with Gasteiger partial charge in [0.1, 0.15) is 17.9 Å². The molecule has 0 aliphatic carbocycles.